The summed E-state index contributed by atoms with van der Waals surface area (Å²) in [5, 5.41) is 26.8. The van der Waals surface area contributed by atoms with E-state index in [1.54, 1.807) is 13.8 Å². The Balaban J connectivity index is 5.29. The summed E-state index contributed by atoms with van der Waals surface area (Å²) in [6.07, 6.45) is -0.512. The summed E-state index contributed by atoms with van der Waals surface area (Å²) in [4.78, 5) is 53.3. The van der Waals surface area contributed by atoms with Crippen molar-refractivity contribution in [2.24, 2.45) is 34.0 Å². The third-order valence-electron chi connectivity index (χ3n) is 4.93. The average Bonchev–Trinajstić information content (AvgIpc) is 2.70. The quantitative estimate of drug-likeness (QED) is 0.0722. The monoisotopic (exact) mass is 487 g/mol. The highest BCUT2D eigenvalue weighted by Crippen LogP contribution is 2.08. The SMILES string of the molecule is CC(C)CC(N)C(=O)NC(C(=O)NC(C(=O)NC(CCCN=C(N)N)C(=O)O)C(C)C)C(C)O. The van der Waals surface area contributed by atoms with Gasteiger partial charge in [-0.1, -0.05) is 27.7 Å². The number of carboxylic acids is 1. The Hall–Kier alpha value is -2.93. The molecule has 0 rings (SSSR count). The third kappa shape index (κ3) is 11.8. The molecule has 11 N–H and O–H groups in total. The molecule has 3 amide bonds. The molecule has 0 aromatic rings. The van der Waals surface area contributed by atoms with Crippen LogP contribution in [0.5, 0.6) is 0 Å². The van der Waals surface area contributed by atoms with Crippen molar-refractivity contribution in [1.29, 1.82) is 0 Å². The maximum absolute atomic E-state index is 12.8. The molecule has 0 radical (unpaired) electrons. The fourth-order valence-electron chi connectivity index (χ4n) is 3.08. The van der Waals surface area contributed by atoms with E-state index in [9.17, 15) is 29.4 Å². The first-order chi connectivity index (χ1) is 15.7. The van der Waals surface area contributed by atoms with Crippen LogP contribution in [0.3, 0.4) is 0 Å². The Morgan fingerprint density at radius 1 is 0.882 bits per heavy atom. The smallest absolute Gasteiger partial charge is 0.326 e. The van der Waals surface area contributed by atoms with Crippen molar-refractivity contribution in [3.05, 3.63) is 0 Å². The van der Waals surface area contributed by atoms with Crippen LogP contribution >= 0.6 is 0 Å². The molecule has 0 aliphatic carbocycles. The van der Waals surface area contributed by atoms with E-state index >= 15 is 0 Å². The minimum absolute atomic E-state index is 0.0662. The molecule has 0 aromatic heterocycles. The standard InChI is InChI=1S/C21H41N7O6/c1-10(2)9-13(22)17(30)28-16(12(5)29)19(32)27-15(11(3)4)18(31)26-14(20(33)34)7-6-8-25-21(23)24/h10-16,29H,6-9,22H2,1-5H3,(H,26,31)(H,27,32)(H,28,30)(H,33,34)(H4,23,24,25). The van der Waals surface area contributed by atoms with Gasteiger partial charge in [-0.2, -0.15) is 0 Å². The van der Waals surface area contributed by atoms with Gasteiger partial charge < -0.3 is 43.4 Å². The first-order valence-electron chi connectivity index (χ1n) is 11.3. The Labute approximate surface area is 200 Å². The number of hydrogen-bond donors (Lipinski definition) is 8. The molecule has 0 aliphatic rings. The van der Waals surface area contributed by atoms with Gasteiger partial charge in [0.05, 0.1) is 12.1 Å². The molecule has 0 saturated heterocycles. The maximum atomic E-state index is 12.8. The molecule has 0 fully saturated rings. The zero-order chi connectivity index (χ0) is 26.6. The lowest BCUT2D eigenvalue weighted by Crippen LogP contribution is -2.60. The van der Waals surface area contributed by atoms with Gasteiger partial charge in [-0.3, -0.25) is 19.4 Å². The van der Waals surface area contributed by atoms with Gasteiger partial charge in [0.2, 0.25) is 17.7 Å². The fourth-order valence-corrected chi connectivity index (χ4v) is 3.08. The molecule has 0 aliphatic heterocycles. The summed E-state index contributed by atoms with van der Waals surface area (Å²) in [7, 11) is 0. The molecule has 34 heavy (non-hydrogen) atoms. The number of carboxylic acid groups (broad SMARTS) is 1. The topological polar surface area (TPSA) is 235 Å². The van der Waals surface area contributed by atoms with E-state index in [0.717, 1.165) is 0 Å². The van der Waals surface area contributed by atoms with E-state index in [1.807, 2.05) is 13.8 Å². The summed E-state index contributed by atoms with van der Waals surface area (Å²) < 4.78 is 0. The highest BCUT2D eigenvalue weighted by molar-refractivity contribution is 5.94. The number of aliphatic hydroxyl groups excluding tert-OH is 1. The molecule has 0 saturated carbocycles. The zero-order valence-electron chi connectivity index (χ0n) is 20.6. The number of aliphatic carboxylic acids is 1. The number of amides is 3. The Bertz CT molecular complexity index is 722. The Morgan fingerprint density at radius 3 is 1.85 bits per heavy atom. The van der Waals surface area contributed by atoms with Crippen molar-refractivity contribution in [2.75, 3.05) is 6.54 Å². The van der Waals surface area contributed by atoms with E-state index in [-0.39, 0.29) is 24.8 Å². The van der Waals surface area contributed by atoms with E-state index in [0.29, 0.717) is 12.8 Å². The lowest BCUT2D eigenvalue weighted by molar-refractivity contribution is -0.143. The molecule has 5 unspecified atom stereocenters. The Kier molecular flexibility index (Phi) is 13.8. The van der Waals surface area contributed by atoms with Crippen molar-refractivity contribution in [3.8, 4) is 0 Å². The van der Waals surface area contributed by atoms with E-state index in [1.165, 1.54) is 6.92 Å². The number of nitrogens with zero attached hydrogens (tertiary/aromatic N) is 1. The van der Waals surface area contributed by atoms with E-state index in [2.05, 4.69) is 20.9 Å². The number of guanidine groups is 1. The lowest BCUT2D eigenvalue weighted by Gasteiger charge is -2.28. The summed E-state index contributed by atoms with van der Waals surface area (Å²) >= 11 is 0. The number of rotatable bonds is 15. The van der Waals surface area contributed by atoms with Crippen LogP contribution < -0.4 is 33.2 Å². The largest absolute Gasteiger partial charge is 0.480 e. The van der Waals surface area contributed by atoms with Crippen LogP contribution in [0.4, 0.5) is 0 Å². The van der Waals surface area contributed by atoms with Crippen LogP contribution in [0.1, 0.15) is 53.9 Å². The number of hydrogen-bond acceptors (Lipinski definition) is 7. The average molecular weight is 488 g/mol. The minimum Gasteiger partial charge on any atom is -0.480 e. The number of nitrogens with one attached hydrogen (secondary N) is 3. The number of carbonyl (C=O) groups excluding carboxylic acids is 3. The van der Waals surface area contributed by atoms with Crippen molar-refractivity contribution in [2.45, 2.75) is 84.2 Å². The maximum Gasteiger partial charge on any atom is 0.326 e. The second kappa shape index (κ2) is 15.1. The summed E-state index contributed by atoms with van der Waals surface area (Å²) in [5.41, 5.74) is 16.3. The lowest BCUT2D eigenvalue weighted by atomic mass is 10.0. The summed E-state index contributed by atoms with van der Waals surface area (Å²) in [6, 6.07) is -4.56. The molecular formula is C21H41N7O6. The molecule has 0 spiro atoms. The van der Waals surface area contributed by atoms with Gasteiger partial charge in [-0.05, 0) is 38.0 Å². The predicted octanol–water partition coefficient (Wildman–Crippen LogP) is -2.01. The third-order valence-corrected chi connectivity index (χ3v) is 4.93. The van der Waals surface area contributed by atoms with E-state index in [4.69, 9.17) is 17.2 Å². The van der Waals surface area contributed by atoms with Gasteiger partial charge in [-0.15, -0.1) is 0 Å². The van der Waals surface area contributed by atoms with Crippen LogP contribution in [0, 0.1) is 11.8 Å². The highest BCUT2D eigenvalue weighted by Gasteiger charge is 2.33. The van der Waals surface area contributed by atoms with Crippen LogP contribution in [-0.4, -0.2) is 76.7 Å². The normalized spacial score (nSPS) is 15.6. The Morgan fingerprint density at radius 2 is 1.41 bits per heavy atom. The van der Waals surface area contributed by atoms with Gasteiger partial charge in [0.25, 0.3) is 0 Å². The molecule has 5 atom stereocenters. The van der Waals surface area contributed by atoms with Crippen molar-refractivity contribution in [3.63, 3.8) is 0 Å². The number of aliphatic hydroxyl groups is 1. The second-order valence-electron chi connectivity index (χ2n) is 9.04. The second-order valence-corrected chi connectivity index (χ2v) is 9.04. The minimum atomic E-state index is -1.35. The van der Waals surface area contributed by atoms with Crippen molar-refractivity contribution >= 4 is 29.7 Å². The summed E-state index contributed by atoms with van der Waals surface area (Å²) in [6.45, 7) is 8.62. The number of carbonyl (C=O) groups is 4. The van der Waals surface area contributed by atoms with Gasteiger partial charge in [0.15, 0.2) is 5.96 Å². The molecule has 0 heterocycles. The van der Waals surface area contributed by atoms with Gasteiger partial charge in [0, 0.05) is 6.54 Å². The first-order valence-corrected chi connectivity index (χ1v) is 11.3. The van der Waals surface area contributed by atoms with Crippen LogP contribution in [0.25, 0.3) is 0 Å². The summed E-state index contributed by atoms with van der Waals surface area (Å²) in [5.74, 6) is -3.77. The van der Waals surface area contributed by atoms with Crippen LogP contribution in [-0.2, 0) is 19.2 Å². The number of nitrogens with two attached hydrogens (primary N) is 3. The van der Waals surface area contributed by atoms with Gasteiger partial charge in [-0.25, -0.2) is 4.79 Å². The molecule has 13 nitrogen and oxygen atoms in total. The van der Waals surface area contributed by atoms with E-state index < -0.39 is 59.9 Å². The predicted molar refractivity (Wildman–Crippen MR) is 127 cm³/mol. The molecule has 13 heteroatoms. The highest BCUT2D eigenvalue weighted by atomic mass is 16.4. The fraction of sp³-hybridized carbons (Fsp3) is 0.762. The molecular weight excluding hydrogens is 446 g/mol. The van der Waals surface area contributed by atoms with Gasteiger partial charge >= 0.3 is 5.97 Å². The first kappa shape index (κ1) is 31.1. The number of aliphatic imine (C=N–C) groups is 1. The van der Waals surface area contributed by atoms with Crippen LogP contribution in [0.2, 0.25) is 0 Å². The molecule has 0 bridgehead atoms. The molecule has 196 valence electrons. The van der Waals surface area contributed by atoms with Gasteiger partial charge in [0.1, 0.15) is 18.1 Å². The van der Waals surface area contributed by atoms with Crippen molar-refractivity contribution < 1.29 is 29.4 Å². The zero-order valence-corrected chi connectivity index (χ0v) is 20.6. The van der Waals surface area contributed by atoms with Crippen molar-refractivity contribution in [1.82, 2.24) is 16.0 Å². The van der Waals surface area contributed by atoms with Crippen LogP contribution in [0.15, 0.2) is 4.99 Å². The molecule has 0 aromatic carbocycles.